The highest BCUT2D eigenvalue weighted by Gasteiger charge is 2.09. The Morgan fingerprint density at radius 2 is 1.95 bits per heavy atom. The van der Waals surface area contributed by atoms with Crippen LogP contribution in [0.25, 0.3) is 0 Å². The fourth-order valence-electron chi connectivity index (χ4n) is 1.61. The summed E-state index contributed by atoms with van der Waals surface area (Å²) in [7, 11) is 1.63. The summed E-state index contributed by atoms with van der Waals surface area (Å²) in [5.74, 6) is 1.53. The molecule has 2 rings (SSSR count). The summed E-state index contributed by atoms with van der Waals surface area (Å²) in [5, 5.41) is 4.20. The maximum Gasteiger partial charge on any atom is 0.182 e. The molecule has 0 amide bonds. The number of benzene rings is 1. The van der Waals surface area contributed by atoms with E-state index in [2.05, 4.69) is 49.1 Å². The van der Waals surface area contributed by atoms with E-state index < -0.39 is 0 Å². The lowest BCUT2D eigenvalue weighted by molar-refractivity contribution is 0.306. The molecule has 1 heterocycles. The van der Waals surface area contributed by atoms with Crippen molar-refractivity contribution in [3.63, 3.8) is 0 Å². The van der Waals surface area contributed by atoms with Gasteiger partial charge in [-0.2, -0.15) is 0 Å². The number of hydrogen-bond acceptors (Lipinski definition) is 5. The number of hydrogen-bond donors (Lipinski definition) is 1. The summed E-state index contributed by atoms with van der Waals surface area (Å²) in [6.07, 6.45) is 2.92. The van der Waals surface area contributed by atoms with Gasteiger partial charge in [-0.05, 0) is 50.4 Å². The Kier molecular flexibility index (Phi) is 6.32. The molecule has 0 saturated heterocycles. The molecule has 0 saturated carbocycles. The number of rotatable bonds is 7. The molecule has 0 radical (unpaired) electrons. The van der Waals surface area contributed by atoms with Gasteiger partial charge in [0, 0.05) is 12.7 Å². The van der Waals surface area contributed by atoms with E-state index in [-0.39, 0.29) is 0 Å². The van der Waals surface area contributed by atoms with Gasteiger partial charge in [0.2, 0.25) is 0 Å². The Bertz CT molecular complexity index is 605. The number of methoxy groups -OCH3 is 1. The van der Waals surface area contributed by atoms with Gasteiger partial charge in [0.05, 0.1) is 20.9 Å². The number of ether oxygens (including phenoxy) is 2. The smallest absolute Gasteiger partial charge is 0.182 e. The normalized spacial score (nSPS) is 10.5. The van der Waals surface area contributed by atoms with Crippen molar-refractivity contribution < 1.29 is 9.47 Å². The Morgan fingerprint density at radius 3 is 2.67 bits per heavy atom. The van der Waals surface area contributed by atoms with Crippen LogP contribution in [0.5, 0.6) is 11.5 Å². The van der Waals surface area contributed by atoms with Crippen LogP contribution < -0.4 is 14.8 Å². The Labute approximate surface area is 145 Å². The molecule has 0 aliphatic carbocycles. The molecule has 2 aromatic rings. The number of nitrogens with one attached hydrogen (secondary N) is 1. The maximum absolute atomic E-state index is 5.83. The van der Waals surface area contributed by atoms with Gasteiger partial charge in [-0.15, -0.1) is 0 Å². The molecule has 0 aliphatic heterocycles. The van der Waals surface area contributed by atoms with Crippen LogP contribution in [-0.4, -0.2) is 18.6 Å². The first kappa shape index (κ1) is 16.6. The van der Waals surface area contributed by atoms with Crippen molar-refractivity contribution in [2.24, 2.45) is 0 Å². The topological polar surface area (TPSA) is 43.4 Å². The van der Waals surface area contributed by atoms with Crippen LogP contribution in [0.15, 0.2) is 27.3 Å². The van der Waals surface area contributed by atoms with Crippen LogP contribution in [-0.2, 0) is 6.61 Å². The number of thiazole rings is 1. The second kappa shape index (κ2) is 8.00. The van der Waals surface area contributed by atoms with E-state index in [4.69, 9.17) is 9.47 Å². The molecule has 0 aliphatic rings. The van der Waals surface area contributed by atoms with Crippen LogP contribution in [0.3, 0.4) is 0 Å². The fraction of sp³-hybridized carbons (Fsp3) is 0.357. The van der Waals surface area contributed by atoms with Gasteiger partial charge in [0.15, 0.2) is 5.13 Å². The summed E-state index contributed by atoms with van der Waals surface area (Å²) in [5.41, 5.74) is 0. The van der Waals surface area contributed by atoms with E-state index in [0.29, 0.717) is 6.61 Å². The van der Waals surface area contributed by atoms with Crippen LogP contribution in [0.1, 0.15) is 18.2 Å². The molecule has 0 unspecified atom stereocenters. The molecule has 1 N–H and O–H groups in total. The van der Waals surface area contributed by atoms with E-state index in [9.17, 15) is 0 Å². The summed E-state index contributed by atoms with van der Waals surface area (Å²) in [6, 6.07) is 3.76. The highest BCUT2D eigenvalue weighted by Crippen LogP contribution is 2.36. The van der Waals surface area contributed by atoms with Gasteiger partial charge < -0.3 is 14.8 Å². The van der Waals surface area contributed by atoms with Crippen molar-refractivity contribution in [1.82, 2.24) is 4.98 Å². The first-order valence-corrected chi connectivity index (χ1v) is 8.88. The summed E-state index contributed by atoms with van der Waals surface area (Å²) >= 11 is 8.55. The Morgan fingerprint density at radius 1 is 1.24 bits per heavy atom. The number of nitrogens with zero attached hydrogens (tertiary/aromatic N) is 1. The van der Waals surface area contributed by atoms with Crippen molar-refractivity contribution in [3.05, 3.63) is 32.2 Å². The average molecular weight is 436 g/mol. The van der Waals surface area contributed by atoms with Crippen LogP contribution >= 0.6 is 43.2 Å². The molecular formula is C14H16Br2N2O2S. The van der Waals surface area contributed by atoms with Crippen molar-refractivity contribution >= 4 is 48.3 Å². The van der Waals surface area contributed by atoms with Gasteiger partial charge in [0.1, 0.15) is 18.1 Å². The van der Waals surface area contributed by atoms with Gasteiger partial charge in [-0.25, -0.2) is 4.98 Å². The zero-order chi connectivity index (χ0) is 15.2. The van der Waals surface area contributed by atoms with E-state index in [0.717, 1.165) is 43.4 Å². The largest absolute Gasteiger partial charge is 0.496 e. The van der Waals surface area contributed by atoms with Gasteiger partial charge in [0.25, 0.3) is 0 Å². The Hall–Kier alpha value is -0.790. The molecule has 0 spiro atoms. The maximum atomic E-state index is 5.83. The lowest BCUT2D eigenvalue weighted by Crippen LogP contribution is -1.98. The zero-order valence-electron chi connectivity index (χ0n) is 11.8. The third-order valence-electron chi connectivity index (χ3n) is 2.66. The molecule has 0 atom stereocenters. The van der Waals surface area contributed by atoms with E-state index in [1.165, 1.54) is 0 Å². The van der Waals surface area contributed by atoms with E-state index in [1.54, 1.807) is 18.4 Å². The van der Waals surface area contributed by atoms with Crippen molar-refractivity contribution in [1.29, 1.82) is 0 Å². The molecule has 0 bridgehead atoms. The third-order valence-corrected chi connectivity index (χ3v) is 4.82. The van der Waals surface area contributed by atoms with Crippen LogP contribution in [0.4, 0.5) is 5.13 Å². The van der Waals surface area contributed by atoms with Crippen molar-refractivity contribution in [2.45, 2.75) is 20.0 Å². The molecule has 114 valence electrons. The van der Waals surface area contributed by atoms with Gasteiger partial charge in [-0.3, -0.25) is 0 Å². The summed E-state index contributed by atoms with van der Waals surface area (Å²) in [6.45, 7) is 3.55. The average Bonchev–Trinajstić information content (AvgIpc) is 2.93. The highest BCUT2D eigenvalue weighted by atomic mass is 79.9. The summed E-state index contributed by atoms with van der Waals surface area (Å²) in [4.78, 5) is 5.40. The minimum absolute atomic E-state index is 0.489. The van der Waals surface area contributed by atoms with Gasteiger partial charge >= 0.3 is 0 Å². The van der Waals surface area contributed by atoms with E-state index in [1.807, 2.05) is 18.3 Å². The minimum atomic E-state index is 0.489. The fourth-order valence-corrected chi connectivity index (χ4v) is 3.29. The quantitative estimate of drug-likeness (QED) is 0.658. The van der Waals surface area contributed by atoms with Crippen LogP contribution in [0.2, 0.25) is 0 Å². The lowest BCUT2D eigenvalue weighted by Gasteiger charge is -2.10. The van der Waals surface area contributed by atoms with Crippen LogP contribution in [0, 0.1) is 0 Å². The predicted molar refractivity (Wildman–Crippen MR) is 93.6 cm³/mol. The lowest BCUT2D eigenvalue weighted by atomic mass is 10.3. The van der Waals surface area contributed by atoms with E-state index >= 15 is 0 Å². The second-order valence-electron chi connectivity index (χ2n) is 4.26. The number of aromatic nitrogens is 1. The number of anilines is 1. The molecule has 21 heavy (non-hydrogen) atoms. The van der Waals surface area contributed by atoms with Crippen molar-refractivity contribution in [2.75, 3.05) is 19.0 Å². The molecule has 1 aromatic heterocycles. The predicted octanol–water partition coefficient (Wildman–Crippen LogP) is 5.08. The minimum Gasteiger partial charge on any atom is -0.496 e. The first-order valence-electron chi connectivity index (χ1n) is 6.48. The molecule has 1 aromatic carbocycles. The molecule has 0 fully saturated rings. The summed E-state index contributed by atoms with van der Waals surface area (Å²) < 4.78 is 12.8. The second-order valence-corrected chi connectivity index (χ2v) is 7.09. The standard InChI is InChI=1S/C14H16Br2N2O2S/c1-3-4-17-14-18-7-9(21-14)8-20-13-6-10(15)12(19-2)5-11(13)16/h5-7H,3-4,8H2,1-2H3,(H,17,18). The first-order chi connectivity index (χ1) is 10.1. The zero-order valence-corrected chi connectivity index (χ0v) is 15.8. The highest BCUT2D eigenvalue weighted by molar-refractivity contribution is 9.11. The molecular weight excluding hydrogens is 420 g/mol. The SMILES string of the molecule is CCCNc1ncc(COc2cc(Br)c(OC)cc2Br)s1. The monoisotopic (exact) mass is 434 g/mol. The molecule has 7 heteroatoms. The van der Waals surface area contributed by atoms with Crippen molar-refractivity contribution in [3.8, 4) is 11.5 Å². The van der Waals surface area contributed by atoms with Gasteiger partial charge in [-0.1, -0.05) is 18.3 Å². The Balaban J connectivity index is 1.99. The third kappa shape index (κ3) is 4.59. The molecule has 4 nitrogen and oxygen atoms in total. The number of halogens is 2.